The molecule has 0 spiro atoms. The summed E-state index contributed by atoms with van der Waals surface area (Å²) in [5, 5.41) is 10.5. The second-order valence-electron chi connectivity index (χ2n) is 8.71. The fraction of sp³-hybridized carbons (Fsp3) is 0.167. The van der Waals surface area contributed by atoms with Crippen molar-refractivity contribution >= 4 is 34.2 Å². The lowest BCUT2D eigenvalue weighted by molar-refractivity contribution is -0.122. The summed E-state index contributed by atoms with van der Waals surface area (Å²) in [5.74, 6) is -1.07. The van der Waals surface area contributed by atoms with Crippen molar-refractivity contribution in [3.8, 4) is 0 Å². The van der Waals surface area contributed by atoms with Gasteiger partial charge in [-0.3, -0.25) is 14.4 Å². The summed E-state index contributed by atoms with van der Waals surface area (Å²) in [4.78, 5) is 39.3. The van der Waals surface area contributed by atoms with Gasteiger partial charge in [0, 0.05) is 18.5 Å². The van der Waals surface area contributed by atoms with Gasteiger partial charge < -0.3 is 21.7 Å². The van der Waals surface area contributed by atoms with E-state index in [9.17, 15) is 14.4 Å². The number of rotatable bonds is 10. The largest absolute Gasteiger partial charge is 0.354 e. The summed E-state index contributed by atoms with van der Waals surface area (Å²) in [6.07, 6.45) is 0.966. The van der Waals surface area contributed by atoms with Gasteiger partial charge in [0.05, 0.1) is 11.3 Å². The predicted octanol–water partition coefficient (Wildman–Crippen LogP) is 3.90. The van der Waals surface area contributed by atoms with Gasteiger partial charge in [0.2, 0.25) is 5.91 Å². The maximum Gasteiger partial charge on any atom is 0.255 e. The van der Waals surface area contributed by atoms with Gasteiger partial charge in [0.15, 0.2) is 0 Å². The molecule has 7 nitrogen and oxygen atoms in total. The zero-order valence-corrected chi connectivity index (χ0v) is 20.4. The minimum atomic E-state index is -0.795. The molecule has 4 rings (SSSR count). The number of fused-ring (bicyclic) bond motifs is 1. The first-order chi connectivity index (χ1) is 18.0. The van der Waals surface area contributed by atoms with Crippen LogP contribution < -0.4 is 21.7 Å². The van der Waals surface area contributed by atoms with Crippen molar-refractivity contribution in [2.45, 2.75) is 18.9 Å². The number of para-hydroxylation sites is 1. The van der Waals surface area contributed by atoms with Crippen LogP contribution in [0.4, 0.5) is 5.69 Å². The molecule has 0 aliphatic heterocycles. The fourth-order valence-corrected chi connectivity index (χ4v) is 4.05. The Hall–Kier alpha value is -4.49. The van der Waals surface area contributed by atoms with E-state index in [1.165, 1.54) is 0 Å². The minimum Gasteiger partial charge on any atom is -0.354 e. The highest BCUT2D eigenvalue weighted by atomic mass is 16.2. The molecule has 0 radical (unpaired) electrons. The van der Waals surface area contributed by atoms with Gasteiger partial charge in [-0.15, -0.1) is 0 Å². The molecule has 0 aromatic heterocycles. The van der Waals surface area contributed by atoms with Crippen LogP contribution in [0.15, 0.2) is 97.1 Å². The normalized spacial score (nSPS) is 11.5. The zero-order chi connectivity index (χ0) is 26.0. The van der Waals surface area contributed by atoms with Crippen molar-refractivity contribution in [3.63, 3.8) is 0 Å². The number of nitrogens with two attached hydrogens (primary N) is 1. The van der Waals surface area contributed by atoms with Crippen LogP contribution >= 0.6 is 0 Å². The van der Waals surface area contributed by atoms with E-state index in [1.54, 1.807) is 30.3 Å². The summed E-state index contributed by atoms with van der Waals surface area (Å²) < 4.78 is 0. The second-order valence-corrected chi connectivity index (χ2v) is 8.71. The summed E-state index contributed by atoms with van der Waals surface area (Å²) in [7, 11) is 0. The number of amides is 3. The molecule has 0 bridgehead atoms. The van der Waals surface area contributed by atoms with E-state index in [2.05, 4.69) is 16.0 Å². The third-order valence-electron chi connectivity index (χ3n) is 6.02. The molecule has 0 heterocycles. The van der Waals surface area contributed by atoms with Crippen LogP contribution in [-0.4, -0.2) is 36.9 Å². The third kappa shape index (κ3) is 6.80. The Balaban J connectivity index is 1.52. The molecule has 0 fully saturated rings. The van der Waals surface area contributed by atoms with E-state index in [1.807, 2.05) is 66.7 Å². The van der Waals surface area contributed by atoms with Crippen molar-refractivity contribution in [1.29, 1.82) is 0 Å². The Morgan fingerprint density at radius 1 is 0.757 bits per heavy atom. The number of hydrogen-bond acceptors (Lipinski definition) is 4. The van der Waals surface area contributed by atoms with Crippen LogP contribution in [0.3, 0.4) is 0 Å². The SMILES string of the molecule is NCCCNC(=O)C(Cc1ccccc1)NC(=O)c1ccccc1NC(=O)c1ccc2ccccc2c1. The lowest BCUT2D eigenvalue weighted by Crippen LogP contribution is -2.48. The predicted molar refractivity (Wildman–Crippen MR) is 146 cm³/mol. The molecule has 0 saturated carbocycles. The Labute approximate surface area is 216 Å². The highest BCUT2D eigenvalue weighted by Gasteiger charge is 2.23. The average molecular weight is 495 g/mol. The molecule has 3 amide bonds. The molecular weight excluding hydrogens is 464 g/mol. The van der Waals surface area contributed by atoms with Crippen LogP contribution in [0.5, 0.6) is 0 Å². The van der Waals surface area contributed by atoms with E-state index in [-0.39, 0.29) is 17.4 Å². The quantitative estimate of drug-likeness (QED) is 0.251. The molecule has 4 aromatic carbocycles. The van der Waals surface area contributed by atoms with Crippen LogP contribution in [0, 0.1) is 0 Å². The Morgan fingerprint density at radius 2 is 1.46 bits per heavy atom. The molecule has 1 unspecified atom stereocenters. The van der Waals surface area contributed by atoms with Crippen LogP contribution in [0.1, 0.15) is 32.7 Å². The number of carbonyl (C=O) groups excluding carboxylic acids is 3. The summed E-state index contributed by atoms with van der Waals surface area (Å²) >= 11 is 0. The van der Waals surface area contributed by atoms with E-state index >= 15 is 0 Å². The van der Waals surface area contributed by atoms with Crippen LogP contribution in [0.25, 0.3) is 10.8 Å². The average Bonchev–Trinajstić information content (AvgIpc) is 2.93. The maximum atomic E-state index is 13.3. The van der Waals surface area contributed by atoms with E-state index < -0.39 is 11.9 Å². The van der Waals surface area contributed by atoms with Gasteiger partial charge in [-0.25, -0.2) is 0 Å². The lowest BCUT2D eigenvalue weighted by Gasteiger charge is -2.20. The fourth-order valence-electron chi connectivity index (χ4n) is 4.05. The molecule has 37 heavy (non-hydrogen) atoms. The van der Waals surface area contributed by atoms with Crippen LogP contribution in [0.2, 0.25) is 0 Å². The molecule has 1 atom stereocenters. The highest BCUT2D eigenvalue weighted by molar-refractivity contribution is 6.10. The van der Waals surface area contributed by atoms with Gasteiger partial charge in [0.1, 0.15) is 6.04 Å². The molecule has 0 aliphatic carbocycles. The zero-order valence-electron chi connectivity index (χ0n) is 20.4. The molecule has 5 N–H and O–H groups in total. The number of anilines is 1. The molecular formula is C30H30N4O3. The van der Waals surface area contributed by atoms with Crippen molar-refractivity contribution in [1.82, 2.24) is 10.6 Å². The van der Waals surface area contributed by atoms with Crippen molar-refractivity contribution in [3.05, 3.63) is 114 Å². The van der Waals surface area contributed by atoms with E-state index in [4.69, 9.17) is 5.73 Å². The summed E-state index contributed by atoms with van der Waals surface area (Å²) in [5.41, 5.74) is 7.57. The molecule has 0 saturated heterocycles. The van der Waals surface area contributed by atoms with Gasteiger partial charge in [-0.05, 0) is 53.6 Å². The van der Waals surface area contributed by atoms with Crippen molar-refractivity contribution in [2.24, 2.45) is 5.73 Å². The summed E-state index contributed by atoms with van der Waals surface area (Å²) in [6, 6.07) is 28.7. The van der Waals surface area contributed by atoms with Gasteiger partial charge >= 0.3 is 0 Å². The summed E-state index contributed by atoms with van der Waals surface area (Å²) in [6.45, 7) is 0.884. The Morgan fingerprint density at radius 3 is 2.24 bits per heavy atom. The highest BCUT2D eigenvalue weighted by Crippen LogP contribution is 2.20. The minimum absolute atomic E-state index is 0.268. The number of carbonyl (C=O) groups is 3. The van der Waals surface area contributed by atoms with Crippen molar-refractivity contribution in [2.75, 3.05) is 18.4 Å². The van der Waals surface area contributed by atoms with E-state index in [0.717, 1.165) is 16.3 Å². The number of nitrogens with one attached hydrogen (secondary N) is 3. The molecule has 0 aliphatic rings. The standard InChI is InChI=1S/C30H30N4O3/c31-17-8-18-32-30(37)27(19-21-9-2-1-3-10-21)34-29(36)25-13-6-7-14-26(25)33-28(35)24-16-15-22-11-4-5-12-23(22)20-24/h1-7,9-16,20,27H,8,17-19,31H2,(H,32,37)(H,33,35)(H,34,36). The first-order valence-electron chi connectivity index (χ1n) is 12.3. The monoisotopic (exact) mass is 494 g/mol. The second kappa shape index (κ2) is 12.5. The van der Waals surface area contributed by atoms with Gasteiger partial charge in [-0.2, -0.15) is 0 Å². The van der Waals surface area contributed by atoms with Gasteiger partial charge in [0.25, 0.3) is 11.8 Å². The third-order valence-corrected chi connectivity index (χ3v) is 6.02. The smallest absolute Gasteiger partial charge is 0.255 e. The number of benzene rings is 4. The molecule has 4 aromatic rings. The number of hydrogen-bond donors (Lipinski definition) is 4. The maximum absolute atomic E-state index is 13.3. The molecule has 188 valence electrons. The lowest BCUT2D eigenvalue weighted by atomic mass is 10.0. The van der Waals surface area contributed by atoms with E-state index in [0.29, 0.717) is 37.2 Å². The first-order valence-corrected chi connectivity index (χ1v) is 12.3. The van der Waals surface area contributed by atoms with Gasteiger partial charge in [-0.1, -0.05) is 72.8 Å². The Kier molecular flexibility index (Phi) is 8.62. The molecule has 7 heteroatoms. The van der Waals surface area contributed by atoms with Crippen LogP contribution in [-0.2, 0) is 11.2 Å². The topological polar surface area (TPSA) is 113 Å². The first kappa shape index (κ1) is 25.6. The Bertz CT molecular complexity index is 1390. The van der Waals surface area contributed by atoms with Crippen molar-refractivity contribution < 1.29 is 14.4 Å².